The molecule has 100 valence electrons. The summed E-state index contributed by atoms with van der Waals surface area (Å²) in [6, 6.07) is 13.9. The fourth-order valence-corrected chi connectivity index (χ4v) is 1.58. The van der Waals surface area contributed by atoms with Crippen molar-refractivity contribution in [3.8, 4) is 11.5 Å². The monoisotopic (exact) mass is 261 g/mol. The fourth-order valence-electron chi connectivity index (χ4n) is 1.58. The molecular formula is C15H16FNO2. The molecule has 0 radical (unpaired) electrons. The molecule has 0 saturated heterocycles. The van der Waals surface area contributed by atoms with Gasteiger partial charge in [-0.2, -0.15) is 0 Å². The van der Waals surface area contributed by atoms with Crippen LogP contribution in [-0.2, 0) is 0 Å². The van der Waals surface area contributed by atoms with Gasteiger partial charge in [-0.3, -0.25) is 0 Å². The molecule has 3 nitrogen and oxygen atoms in total. The number of rotatable bonds is 6. The fraction of sp³-hybridized carbons (Fsp3) is 0.200. The summed E-state index contributed by atoms with van der Waals surface area (Å²) in [5.74, 6) is 0.596. The summed E-state index contributed by atoms with van der Waals surface area (Å²) in [4.78, 5) is 0. The zero-order valence-electron chi connectivity index (χ0n) is 10.5. The van der Waals surface area contributed by atoms with Gasteiger partial charge in [0.05, 0.1) is 13.2 Å². The number of nitrogen functional groups attached to an aromatic ring is 1. The van der Waals surface area contributed by atoms with Gasteiger partial charge in [0.15, 0.2) is 11.6 Å². The zero-order valence-corrected chi connectivity index (χ0v) is 10.5. The molecule has 0 aliphatic heterocycles. The average Bonchev–Trinajstić information content (AvgIpc) is 2.42. The highest BCUT2D eigenvalue weighted by atomic mass is 19.1. The second-order valence-electron chi connectivity index (χ2n) is 4.05. The van der Waals surface area contributed by atoms with Crippen LogP contribution in [0.2, 0.25) is 0 Å². The molecule has 0 bridgehead atoms. The highest BCUT2D eigenvalue weighted by molar-refractivity contribution is 5.42. The Balaban J connectivity index is 1.69. The Morgan fingerprint density at radius 3 is 2.42 bits per heavy atom. The molecule has 0 aliphatic rings. The summed E-state index contributed by atoms with van der Waals surface area (Å²) in [6.45, 7) is 0.925. The van der Waals surface area contributed by atoms with Crippen molar-refractivity contribution in [1.82, 2.24) is 0 Å². The van der Waals surface area contributed by atoms with Crippen LogP contribution in [0.25, 0.3) is 0 Å². The molecule has 2 aromatic carbocycles. The minimum Gasteiger partial charge on any atom is -0.493 e. The van der Waals surface area contributed by atoms with E-state index in [1.807, 2.05) is 30.3 Å². The molecule has 0 atom stereocenters. The second kappa shape index (κ2) is 6.64. The molecule has 0 heterocycles. The lowest BCUT2D eigenvalue weighted by molar-refractivity contribution is 0.241. The third kappa shape index (κ3) is 4.17. The van der Waals surface area contributed by atoms with E-state index in [4.69, 9.17) is 15.2 Å². The van der Waals surface area contributed by atoms with Gasteiger partial charge in [0.25, 0.3) is 0 Å². The number of benzene rings is 2. The van der Waals surface area contributed by atoms with Gasteiger partial charge in [0.1, 0.15) is 5.75 Å². The summed E-state index contributed by atoms with van der Waals surface area (Å²) >= 11 is 0. The lowest BCUT2D eigenvalue weighted by Crippen LogP contribution is -2.05. The summed E-state index contributed by atoms with van der Waals surface area (Å²) in [5, 5.41) is 0. The maximum atomic E-state index is 13.4. The van der Waals surface area contributed by atoms with Gasteiger partial charge < -0.3 is 15.2 Å². The SMILES string of the molecule is Nc1ccc(OCCCOc2ccccc2)c(F)c1. The molecule has 0 aromatic heterocycles. The standard InChI is InChI=1S/C15H16FNO2/c16-14-11-12(17)7-8-15(14)19-10-4-9-18-13-5-2-1-3-6-13/h1-3,5-8,11H,4,9-10,17H2. The Labute approximate surface area is 111 Å². The quantitative estimate of drug-likeness (QED) is 0.641. The van der Waals surface area contributed by atoms with Crippen molar-refractivity contribution in [3.63, 3.8) is 0 Å². The molecular weight excluding hydrogens is 245 g/mol. The van der Waals surface area contributed by atoms with Crippen molar-refractivity contribution >= 4 is 5.69 Å². The van der Waals surface area contributed by atoms with Crippen LogP contribution in [-0.4, -0.2) is 13.2 Å². The van der Waals surface area contributed by atoms with Crippen molar-refractivity contribution in [2.75, 3.05) is 18.9 Å². The van der Waals surface area contributed by atoms with Crippen LogP contribution in [0.3, 0.4) is 0 Å². The Morgan fingerprint density at radius 2 is 1.68 bits per heavy atom. The number of hydrogen-bond acceptors (Lipinski definition) is 3. The van der Waals surface area contributed by atoms with E-state index in [0.717, 1.165) is 5.75 Å². The summed E-state index contributed by atoms with van der Waals surface area (Å²) < 4.78 is 24.2. The van der Waals surface area contributed by atoms with Gasteiger partial charge >= 0.3 is 0 Å². The molecule has 0 amide bonds. The van der Waals surface area contributed by atoms with Crippen LogP contribution in [0.4, 0.5) is 10.1 Å². The summed E-state index contributed by atoms with van der Waals surface area (Å²) in [5.41, 5.74) is 5.84. The van der Waals surface area contributed by atoms with E-state index >= 15 is 0 Å². The first-order valence-electron chi connectivity index (χ1n) is 6.11. The highest BCUT2D eigenvalue weighted by Gasteiger charge is 2.03. The first-order chi connectivity index (χ1) is 9.25. The Morgan fingerprint density at radius 1 is 0.947 bits per heavy atom. The summed E-state index contributed by atoms with van der Waals surface area (Å²) in [6.07, 6.45) is 0.679. The van der Waals surface area contributed by atoms with E-state index in [1.165, 1.54) is 12.1 Å². The first kappa shape index (κ1) is 13.2. The normalized spacial score (nSPS) is 10.2. The summed E-state index contributed by atoms with van der Waals surface area (Å²) in [7, 11) is 0. The molecule has 2 rings (SSSR count). The van der Waals surface area contributed by atoms with Crippen LogP contribution in [0.15, 0.2) is 48.5 Å². The predicted octanol–water partition coefficient (Wildman–Crippen LogP) is 3.26. The smallest absolute Gasteiger partial charge is 0.167 e. The van der Waals surface area contributed by atoms with Crippen molar-refractivity contribution < 1.29 is 13.9 Å². The van der Waals surface area contributed by atoms with E-state index in [-0.39, 0.29) is 5.75 Å². The number of para-hydroxylation sites is 1. The van der Waals surface area contributed by atoms with Crippen molar-refractivity contribution in [2.45, 2.75) is 6.42 Å². The van der Waals surface area contributed by atoms with Gasteiger partial charge in [-0.15, -0.1) is 0 Å². The van der Waals surface area contributed by atoms with E-state index in [9.17, 15) is 4.39 Å². The number of anilines is 1. The van der Waals surface area contributed by atoms with Crippen molar-refractivity contribution in [2.24, 2.45) is 0 Å². The van der Waals surface area contributed by atoms with Crippen LogP contribution in [0.1, 0.15) is 6.42 Å². The third-order valence-corrected chi connectivity index (χ3v) is 2.51. The maximum Gasteiger partial charge on any atom is 0.167 e. The van der Waals surface area contributed by atoms with Crippen LogP contribution in [0.5, 0.6) is 11.5 Å². The van der Waals surface area contributed by atoms with E-state index in [2.05, 4.69) is 0 Å². The van der Waals surface area contributed by atoms with E-state index in [0.29, 0.717) is 25.3 Å². The molecule has 0 aliphatic carbocycles. The third-order valence-electron chi connectivity index (χ3n) is 2.51. The van der Waals surface area contributed by atoms with Gasteiger partial charge in [0, 0.05) is 18.2 Å². The minimum absolute atomic E-state index is 0.217. The van der Waals surface area contributed by atoms with Crippen molar-refractivity contribution in [3.05, 3.63) is 54.3 Å². The Bertz CT molecular complexity index is 517. The minimum atomic E-state index is -0.441. The lowest BCUT2D eigenvalue weighted by Gasteiger charge is -2.08. The molecule has 0 fully saturated rings. The maximum absolute atomic E-state index is 13.4. The van der Waals surface area contributed by atoms with Gasteiger partial charge in [0.2, 0.25) is 0 Å². The topological polar surface area (TPSA) is 44.5 Å². The van der Waals surface area contributed by atoms with E-state index < -0.39 is 5.82 Å². The van der Waals surface area contributed by atoms with Crippen molar-refractivity contribution in [1.29, 1.82) is 0 Å². The van der Waals surface area contributed by atoms with Gasteiger partial charge in [-0.1, -0.05) is 18.2 Å². The van der Waals surface area contributed by atoms with Gasteiger partial charge in [-0.05, 0) is 24.3 Å². The predicted molar refractivity (Wildman–Crippen MR) is 72.9 cm³/mol. The first-order valence-corrected chi connectivity index (χ1v) is 6.11. The number of nitrogens with two attached hydrogens (primary N) is 1. The van der Waals surface area contributed by atoms with Gasteiger partial charge in [-0.25, -0.2) is 4.39 Å². The largest absolute Gasteiger partial charge is 0.493 e. The Kier molecular flexibility index (Phi) is 4.61. The molecule has 2 N–H and O–H groups in total. The van der Waals surface area contributed by atoms with Crippen LogP contribution in [0, 0.1) is 5.82 Å². The molecule has 0 unspecified atom stereocenters. The molecule has 19 heavy (non-hydrogen) atoms. The lowest BCUT2D eigenvalue weighted by atomic mass is 10.3. The average molecular weight is 261 g/mol. The Hall–Kier alpha value is -2.23. The molecule has 0 spiro atoms. The number of ether oxygens (including phenoxy) is 2. The number of hydrogen-bond donors (Lipinski definition) is 1. The zero-order chi connectivity index (χ0) is 13.5. The molecule has 4 heteroatoms. The highest BCUT2D eigenvalue weighted by Crippen LogP contribution is 2.19. The molecule has 2 aromatic rings. The molecule has 0 saturated carbocycles. The second-order valence-corrected chi connectivity index (χ2v) is 4.05. The van der Waals surface area contributed by atoms with E-state index in [1.54, 1.807) is 6.07 Å². The number of halogens is 1. The van der Waals surface area contributed by atoms with Crippen LogP contribution >= 0.6 is 0 Å². The van der Waals surface area contributed by atoms with Crippen LogP contribution < -0.4 is 15.2 Å².